The third-order valence-electron chi connectivity index (χ3n) is 3.81. The van der Waals surface area contributed by atoms with Gasteiger partial charge in [-0.2, -0.15) is 4.31 Å². The largest absolute Gasteiger partial charge is 0.308 e. The fourth-order valence-electron chi connectivity index (χ4n) is 2.50. The summed E-state index contributed by atoms with van der Waals surface area (Å²) in [5.74, 6) is 0. The standard InChI is InChI=1S/C18H25N3O2S/c1-15-8-9-18(16(2)13-15)24(22,23)21(12-11-20(3)4)14-17-7-5-6-10-19-17/h5-10,13H,11-12,14H2,1-4H3. The van der Waals surface area contributed by atoms with Crippen LogP contribution in [-0.4, -0.2) is 49.8 Å². The number of hydrogen-bond donors (Lipinski definition) is 0. The summed E-state index contributed by atoms with van der Waals surface area (Å²) in [5, 5.41) is 0. The lowest BCUT2D eigenvalue weighted by atomic mass is 10.2. The van der Waals surface area contributed by atoms with Crippen molar-refractivity contribution in [2.45, 2.75) is 25.3 Å². The Balaban J connectivity index is 2.36. The first-order valence-electron chi connectivity index (χ1n) is 7.93. The van der Waals surface area contributed by atoms with Crippen molar-refractivity contribution in [3.63, 3.8) is 0 Å². The van der Waals surface area contributed by atoms with E-state index in [9.17, 15) is 8.42 Å². The molecule has 130 valence electrons. The van der Waals surface area contributed by atoms with Gasteiger partial charge in [-0.1, -0.05) is 23.8 Å². The average Bonchev–Trinajstić information content (AvgIpc) is 2.51. The van der Waals surface area contributed by atoms with Crippen LogP contribution in [0.15, 0.2) is 47.5 Å². The SMILES string of the molecule is Cc1ccc(S(=O)(=O)N(CCN(C)C)Cc2ccccn2)c(C)c1. The second-order valence-electron chi connectivity index (χ2n) is 6.23. The van der Waals surface area contributed by atoms with Gasteiger partial charge >= 0.3 is 0 Å². The molecular weight excluding hydrogens is 322 g/mol. The Morgan fingerprint density at radius 2 is 1.79 bits per heavy atom. The lowest BCUT2D eigenvalue weighted by Crippen LogP contribution is -2.36. The van der Waals surface area contributed by atoms with Gasteiger partial charge in [-0.15, -0.1) is 0 Å². The van der Waals surface area contributed by atoms with Gasteiger partial charge in [0, 0.05) is 19.3 Å². The number of aromatic nitrogens is 1. The smallest absolute Gasteiger partial charge is 0.243 e. The van der Waals surface area contributed by atoms with Crippen LogP contribution in [0.4, 0.5) is 0 Å². The van der Waals surface area contributed by atoms with Crippen molar-refractivity contribution in [2.24, 2.45) is 0 Å². The molecule has 1 aromatic heterocycles. The zero-order valence-corrected chi connectivity index (χ0v) is 15.5. The Kier molecular flexibility index (Phi) is 6.10. The fraction of sp³-hybridized carbons (Fsp3) is 0.389. The number of hydrogen-bond acceptors (Lipinski definition) is 4. The Hall–Kier alpha value is -1.76. The third-order valence-corrected chi connectivity index (χ3v) is 5.81. The summed E-state index contributed by atoms with van der Waals surface area (Å²) in [7, 11) is 0.291. The average molecular weight is 347 g/mol. The molecule has 0 saturated carbocycles. The van der Waals surface area contributed by atoms with Crippen LogP contribution in [0, 0.1) is 13.8 Å². The molecule has 0 fully saturated rings. The molecule has 1 aromatic carbocycles. The molecule has 0 atom stereocenters. The highest BCUT2D eigenvalue weighted by Gasteiger charge is 2.26. The molecule has 0 N–H and O–H groups in total. The Labute approximate surface area is 145 Å². The van der Waals surface area contributed by atoms with E-state index in [2.05, 4.69) is 4.98 Å². The first-order chi connectivity index (χ1) is 11.3. The van der Waals surface area contributed by atoms with Crippen molar-refractivity contribution in [1.82, 2.24) is 14.2 Å². The predicted octanol–water partition coefficient (Wildman–Crippen LogP) is 2.45. The van der Waals surface area contributed by atoms with E-state index in [1.165, 1.54) is 4.31 Å². The molecule has 0 aliphatic heterocycles. The minimum atomic E-state index is -3.58. The van der Waals surface area contributed by atoms with Crippen LogP contribution in [0.1, 0.15) is 16.8 Å². The number of aryl methyl sites for hydroxylation is 2. The third kappa shape index (κ3) is 4.63. The van der Waals surface area contributed by atoms with Crippen LogP contribution in [0.3, 0.4) is 0 Å². The Bertz CT molecular complexity index is 774. The summed E-state index contributed by atoms with van der Waals surface area (Å²) in [6, 6.07) is 11.0. The molecule has 2 rings (SSSR count). The van der Waals surface area contributed by atoms with Crippen LogP contribution < -0.4 is 0 Å². The van der Waals surface area contributed by atoms with Crippen molar-refractivity contribution < 1.29 is 8.42 Å². The topological polar surface area (TPSA) is 53.5 Å². The molecule has 24 heavy (non-hydrogen) atoms. The summed E-state index contributed by atoms with van der Waals surface area (Å²) < 4.78 is 27.8. The van der Waals surface area contributed by atoms with Gasteiger partial charge in [0.1, 0.15) is 0 Å². The summed E-state index contributed by atoms with van der Waals surface area (Å²) in [6.07, 6.45) is 1.68. The number of benzene rings is 1. The van der Waals surface area contributed by atoms with Crippen LogP contribution in [0.5, 0.6) is 0 Å². The van der Waals surface area contributed by atoms with Gasteiger partial charge in [-0.05, 0) is 51.7 Å². The lowest BCUT2D eigenvalue weighted by molar-refractivity contribution is 0.327. The molecule has 2 aromatic rings. The maximum atomic E-state index is 13.2. The molecule has 0 amide bonds. The Morgan fingerprint density at radius 3 is 2.38 bits per heavy atom. The van der Waals surface area contributed by atoms with Crippen LogP contribution in [-0.2, 0) is 16.6 Å². The zero-order valence-electron chi connectivity index (χ0n) is 14.7. The van der Waals surface area contributed by atoms with Crippen LogP contribution >= 0.6 is 0 Å². The summed E-state index contributed by atoms with van der Waals surface area (Å²) in [6.45, 7) is 5.13. The minimum Gasteiger partial charge on any atom is -0.308 e. The first-order valence-corrected chi connectivity index (χ1v) is 9.37. The highest BCUT2D eigenvalue weighted by atomic mass is 32.2. The Morgan fingerprint density at radius 1 is 1.04 bits per heavy atom. The van der Waals surface area contributed by atoms with E-state index >= 15 is 0 Å². The van der Waals surface area contributed by atoms with E-state index in [4.69, 9.17) is 0 Å². The maximum absolute atomic E-state index is 13.2. The zero-order chi connectivity index (χ0) is 17.7. The summed E-state index contributed by atoms with van der Waals surface area (Å²) >= 11 is 0. The molecule has 1 heterocycles. The monoisotopic (exact) mass is 347 g/mol. The van der Waals surface area contributed by atoms with Crippen molar-refractivity contribution in [2.75, 3.05) is 27.2 Å². The fourth-order valence-corrected chi connectivity index (χ4v) is 4.10. The van der Waals surface area contributed by atoms with Gasteiger partial charge in [0.2, 0.25) is 10.0 Å². The molecular formula is C18H25N3O2S. The molecule has 0 radical (unpaired) electrons. The van der Waals surface area contributed by atoms with Gasteiger partial charge in [0.15, 0.2) is 0 Å². The normalized spacial score (nSPS) is 12.1. The van der Waals surface area contributed by atoms with E-state index < -0.39 is 10.0 Å². The van der Waals surface area contributed by atoms with E-state index in [1.807, 2.05) is 63.2 Å². The molecule has 0 unspecified atom stereocenters. The predicted molar refractivity (Wildman–Crippen MR) is 96.3 cm³/mol. The summed E-state index contributed by atoms with van der Waals surface area (Å²) in [4.78, 5) is 6.61. The quantitative estimate of drug-likeness (QED) is 0.772. The van der Waals surface area contributed by atoms with Crippen LogP contribution in [0.25, 0.3) is 0 Å². The van der Waals surface area contributed by atoms with Crippen molar-refractivity contribution in [3.8, 4) is 0 Å². The van der Waals surface area contributed by atoms with Gasteiger partial charge in [0.25, 0.3) is 0 Å². The van der Waals surface area contributed by atoms with Gasteiger partial charge in [-0.25, -0.2) is 8.42 Å². The number of nitrogens with zero attached hydrogens (tertiary/aromatic N) is 3. The van der Waals surface area contributed by atoms with E-state index in [-0.39, 0.29) is 6.54 Å². The second kappa shape index (κ2) is 7.88. The van der Waals surface area contributed by atoms with E-state index in [0.717, 1.165) is 16.8 Å². The molecule has 0 bridgehead atoms. The first kappa shape index (κ1) is 18.6. The molecule has 0 saturated heterocycles. The van der Waals surface area contributed by atoms with Crippen LogP contribution in [0.2, 0.25) is 0 Å². The van der Waals surface area contributed by atoms with Gasteiger partial charge < -0.3 is 4.90 Å². The number of sulfonamides is 1. The van der Waals surface area contributed by atoms with Gasteiger partial charge in [0.05, 0.1) is 17.1 Å². The molecule has 6 heteroatoms. The van der Waals surface area contributed by atoms with E-state index in [0.29, 0.717) is 18.0 Å². The van der Waals surface area contributed by atoms with Crippen molar-refractivity contribution in [3.05, 3.63) is 59.4 Å². The molecule has 0 aliphatic carbocycles. The molecule has 0 aliphatic rings. The highest BCUT2D eigenvalue weighted by molar-refractivity contribution is 7.89. The maximum Gasteiger partial charge on any atom is 0.243 e. The number of rotatable bonds is 7. The van der Waals surface area contributed by atoms with Crippen molar-refractivity contribution >= 4 is 10.0 Å². The number of pyridine rings is 1. The second-order valence-corrected chi connectivity index (χ2v) is 8.14. The van der Waals surface area contributed by atoms with E-state index in [1.54, 1.807) is 12.3 Å². The highest BCUT2D eigenvalue weighted by Crippen LogP contribution is 2.22. The molecule has 5 nitrogen and oxygen atoms in total. The van der Waals surface area contributed by atoms with Crippen molar-refractivity contribution in [1.29, 1.82) is 0 Å². The minimum absolute atomic E-state index is 0.268. The van der Waals surface area contributed by atoms with Gasteiger partial charge in [-0.3, -0.25) is 4.98 Å². The summed E-state index contributed by atoms with van der Waals surface area (Å²) in [5.41, 5.74) is 2.56. The molecule has 0 spiro atoms. The lowest BCUT2D eigenvalue weighted by Gasteiger charge is -2.24. The number of likely N-dealkylation sites (N-methyl/N-ethyl adjacent to an activating group) is 1.